The Bertz CT molecular complexity index is 306. The summed E-state index contributed by atoms with van der Waals surface area (Å²) in [6.45, 7) is 5.77. The van der Waals surface area contributed by atoms with Gasteiger partial charge in [-0.05, 0) is 37.7 Å². The van der Waals surface area contributed by atoms with Gasteiger partial charge >= 0.3 is 0 Å². The van der Waals surface area contributed by atoms with Gasteiger partial charge in [0.1, 0.15) is 0 Å². The van der Waals surface area contributed by atoms with Gasteiger partial charge in [0.2, 0.25) is 0 Å². The summed E-state index contributed by atoms with van der Waals surface area (Å²) in [5, 5.41) is 0. The summed E-state index contributed by atoms with van der Waals surface area (Å²) in [6, 6.07) is 10.6. The van der Waals surface area contributed by atoms with Crippen LogP contribution in [0.2, 0.25) is 0 Å². The molecule has 18 heavy (non-hydrogen) atoms. The first-order valence-electron chi connectivity index (χ1n) is 7.11. The van der Waals surface area contributed by atoms with Gasteiger partial charge in [-0.2, -0.15) is 0 Å². The minimum Gasteiger partial charge on any atom is -0.380 e. The van der Waals surface area contributed by atoms with Crippen LogP contribution < -0.4 is 5.73 Å². The highest BCUT2D eigenvalue weighted by Crippen LogP contribution is 2.12. The zero-order chi connectivity index (χ0) is 13.3. The Morgan fingerprint density at radius 2 is 1.72 bits per heavy atom. The molecular formula is C16H27NO. The minimum atomic E-state index is -0.126. The van der Waals surface area contributed by atoms with Crippen LogP contribution in [-0.4, -0.2) is 18.8 Å². The molecule has 0 atom stereocenters. The van der Waals surface area contributed by atoms with Crippen LogP contribution in [0, 0.1) is 0 Å². The molecule has 0 aliphatic carbocycles. The Labute approximate surface area is 112 Å². The van der Waals surface area contributed by atoms with Crippen LogP contribution in [0.4, 0.5) is 0 Å². The van der Waals surface area contributed by atoms with Gasteiger partial charge in [-0.25, -0.2) is 0 Å². The number of ether oxygens (including phenoxy) is 1. The lowest BCUT2D eigenvalue weighted by atomic mass is 9.96. The maximum Gasteiger partial charge on any atom is 0.0645 e. The summed E-state index contributed by atoms with van der Waals surface area (Å²) in [5.74, 6) is 0. The highest BCUT2D eigenvalue weighted by molar-refractivity contribution is 5.14. The molecule has 1 aromatic rings. The van der Waals surface area contributed by atoms with E-state index in [1.54, 1.807) is 0 Å². The van der Waals surface area contributed by atoms with Crippen molar-refractivity contribution >= 4 is 0 Å². The third-order valence-corrected chi connectivity index (χ3v) is 3.64. The third kappa shape index (κ3) is 5.65. The van der Waals surface area contributed by atoms with E-state index in [-0.39, 0.29) is 5.54 Å². The van der Waals surface area contributed by atoms with Crippen LogP contribution in [0.15, 0.2) is 30.3 Å². The number of unbranched alkanes of at least 4 members (excludes halogenated alkanes) is 1. The van der Waals surface area contributed by atoms with E-state index in [2.05, 4.69) is 44.2 Å². The maximum atomic E-state index is 6.18. The Kier molecular flexibility index (Phi) is 6.99. The molecule has 0 saturated carbocycles. The first-order chi connectivity index (χ1) is 8.70. The molecule has 0 radical (unpaired) electrons. The van der Waals surface area contributed by atoms with Crippen LogP contribution in [0.3, 0.4) is 0 Å². The quantitative estimate of drug-likeness (QED) is 0.679. The molecule has 0 aliphatic heterocycles. The van der Waals surface area contributed by atoms with Crippen LogP contribution >= 0.6 is 0 Å². The molecule has 0 heterocycles. The lowest BCUT2D eigenvalue weighted by Crippen LogP contribution is -2.43. The van der Waals surface area contributed by atoms with Crippen molar-refractivity contribution in [3.8, 4) is 0 Å². The molecule has 2 nitrogen and oxygen atoms in total. The molecule has 1 rings (SSSR count). The van der Waals surface area contributed by atoms with Crippen molar-refractivity contribution in [1.82, 2.24) is 0 Å². The highest BCUT2D eigenvalue weighted by Gasteiger charge is 2.19. The van der Waals surface area contributed by atoms with Gasteiger partial charge in [-0.3, -0.25) is 0 Å². The molecule has 0 bridgehead atoms. The molecule has 0 amide bonds. The molecule has 0 spiro atoms. The number of rotatable bonds is 9. The fourth-order valence-electron chi connectivity index (χ4n) is 1.91. The first-order valence-corrected chi connectivity index (χ1v) is 7.11. The molecular weight excluding hydrogens is 222 g/mol. The normalized spacial score (nSPS) is 11.7. The van der Waals surface area contributed by atoms with Crippen molar-refractivity contribution in [3.63, 3.8) is 0 Å². The van der Waals surface area contributed by atoms with Crippen molar-refractivity contribution in [2.45, 2.75) is 51.5 Å². The van der Waals surface area contributed by atoms with Gasteiger partial charge in [-0.1, -0.05) is 44.2 Å². The second-order valence-corrected chi connectivity index (χ2v) is 5.06. The predicted molar refractivity (Wildman–Crippen MR) is 77.7 cm³/mol. The molecule has 102 valence electrons. The standard InChI is InChI=1S/C16H27NO/c1-3-16(17,4-2)14-18-13-9-8-12-15-10-6-5-7-11-15/h5-7,10-11H,3-4,8-9,12-14,17H2,1-2H3. The van der Waals surface area contributed by atoms with E-state index in [4.69, 9.17) is 10.5 Å². The average Bonchev–Trinajstić information content (AvgIpc) is 2.43. The van der Waals surface area contributed by atoms with Gasteiger partial charge in [0.25, 0.3) is 0 Å². The van der Waals surface area contributed by atoms with Crippen LogP contribution in [0.25, 0.3) is 0 Å². The topological polar surface area (TPSA) is 35.2 Å². The van der Waals surface area contributed by atoms with E-state index in [1.165, 1.54) is 12.0 Å². The molecule has 0 saturated heterocycles. The Morgan fingerprint density at radius 1 is 1.06 bits per heavy atom. The summed E-state index contributed by atoms with van der Waals surface area (Å²) in [5.41, 5.74) is 7.46. The van der Waals surface area contributed by atoms with Gasteiger partial charge in [0.05, 0.1) is 6.61 Å². The monoisotopic (exact) mass is 249 g/mol. The maximum absolute atomic E-state index is 6.18. The number of aryl methyl sites for hydroxylation is 1. The summed E-state index contributed by atoms with van der Waals surface area (Å²) in [6.07, 6.45) is 5.39. The van der Waals surface area contributed by atoms with Crippen molar-refractivity contribution < 1.29 is 4.74 Å². The number of benzene rings is 1. The minimum absolute atomic E-state index is 0.126. The van der Waals surface area contributed by atoms with E-state index in [0.717, 1.165) is 32.3 Å². The molecule has 0 unspecified atom stereocenters. The van der Waals surface area contributed by atoms with Crippen LogP contribution in [0.5, 0.6) is 0 Å². The number of nitrogens with two attached hydrogens (primary N) is 1. The van der Waals surface area contributed by atoms with Crippen LogP contribution in [-0.2, 0) is 11.2 Å². The van der Waals surface area contributed by atoms with E-state index in [0.29, 0.717) is 6.61 Å². The van der Waals surface area contributed by atoms with Gasteiger partial charge in [0.15, 0.2) is 0 Å². The Hall–Kier alpha value is -0.860. The van der Waals surface area contributed by atoms with Crippen molar-refractivity contribution in [1.29, 1.82) is 0 Å². The fourth-order valence-corrected chi connectivity index (χ4v) is 1.91. The zero-order valence-electron chi connectivity index (χ0n) is 11.8. The SMILES string of the molecule is CCC(N)(CC)COCCCCc1ccccc1. The van der Waals surface area contributed by atoms with Crippen molar-refractivity contribution in [3.05, 3.63) is 35.9 Å². The highest BCUT2D eigenvalue weighted by atomic mass is 16.5. The van der Waals surface area contributed by atoms with Crippen molar-refractivity contribution in [2.75, 3.05) is 13.2 Å². The van der Waals surface area contributed by atoms with Gasteiger partial charge < -0.3 is 10.5 Å². The van der Waals surface area contributed by atoms with Gasteiger partial charge in [0, 0.05) is 12.1 Å². The smallest absolute Gasteiger partial charge is 0.0645 e. The molecule has 2 heteroatoms. The summed E-state index contributed by atoms with van der Waals surface area (Å²) in [4.78, 5) is 0. The predicted octanol–water partition coefficient (Wildman–Crippen LogP) is 3.54. The largest absolute Gasteiger partial charge is 0.380 e. The number of hydrogen-bond donors (Lipinski definition) is 1. The van der Waals surface area contributed by atoms with E-state index in [9.17, 15) is 0 Å². The fraction of sp³-hybridized carbons (Fsp3) is 0.625. The van der Waals surface area contributed by atoms with E-state index in [1.807, 2.05) is 0 Å². The summed E-state index contributed by atoms with van der Waals surface area (Å²) >= 11 is 0. The molecule has 0 aliphatic rings. The molecule has 2 N–H and O–H groups in total. The lowest BCUT2D eigenvalue weighted by Gasteiger charge is -2.26. The average molecular weight is 249 g/mol. The van der Waals surface area contributed by atoms with Crippen molar-refractivity contribution in [2.24, 2.45) is 5.73 Å². The molecule has 0 fully saturated rings. The van der Waals surface area contributed by atoms with Gasteiger partial charge in [-0.15, -0.1) is 0 Å². The van der Waals surface area contributed by atoms with Crippen LogP contribution in [0.1, 0.15) is 45.1 Å². The Morgan fingerprint density at radius 3 is 2.33 bits per heavy atom. The number of hydrogen-bond acceptors (Lipinski definition) is 2. The van der Waals surface area contributed by atoms with E-state index < -0.39 is 0 Å². The molecule has 1 aromatic carbocycles. The first kappa shape index (κ1) is 15.2. The Balaban J connectivity index is 2.06. The molecule has 0 aromatic heterocycles. The second kappa shape index (κ2) is 8.28. The lowest BCUT2D eigenvalue weighted by molar-refractivity contribution is 0.0785. The second-order valence-electron chi connectivity index (χ2n) is 5.06. The zero-order valence-corrected chi connectivity index (χ0v) is 11.8. The summed E-state index contributed by atoms with van der Waals surface area (Å²) in [7, 11) is 0. The third-order valence-electron chi connectivity index (χ3n) is 3.64. The van der Waals surface area contributed by atoms with E-state index >= 15 is 0 Å². The summed E-state index contributed by atoms with van der Waals surface area (Å²) < 4.78 is 5.69.